The zero-order valence-electron chi connectivity index (χ0n) is 40.0. The predicted octanol–water partition coefficient (Wildman–Crippen LogP) is 13.5. The molecule has 11 heteroatoms. The van der Waals surface area contributed by atoms with Gasteiger partial charge in [-0.3, -0.25) is 4.99 Å². The van der Waals surface area contributed by atoms with Gasteiger partial charge >= 0.3 is 0 Å². The summed E-state index contributed by atoms with van der Waals surface area (Å²) >= 11 is 0. The fourth-order valence-corrected chi connectivity index (χ4v) is 7.26. The molecule has 11 nitrogen and oxygen atoms in total. The van der Waals surface area contributed by atoms with Gasteiger partial charge in [0.2, 0.25) is 11.8 Å². The van der Waals surface area contributed by atoms with Crippen molar-refractivity contribution in [1.82, 2.24) is 10.2 Å². The van der Waals surface area contributed by atoms with Crippen LogP contribution in [0.1, 0.15) is 66.6 Å². The molecule has 1 heterocycles. The molecule has 0 aliphatic carbocycles. The van der Waals surface area contributed by atoms with Crippen molar-refractivity contribution >= 4 is 30.7 Å². The van der Waals surface area contributed by atoms with Crippen molar-refractivity contribution in [2.75, 3.05) is 4.90 Å². The lowest BCUT2D eigenvalue weighted by molar-refractivity contribution is 0.291. The standard InChI is InChI=1S/C30H30N2O.C28H28N4O4/c1-5-7-13-24(6-2)29(31-4)30(25-14-9-8-10-15-25)32(27-20-18-23(3)19-21-27)22-26-16-11-12-17-28(26)33;1-17-7-6-8-18(13-17)16-35-26(30-29-5)21-14-24(34)22(15-23(21)33)27-32-31-25(36-27)19-9-11-20(12-10-19)28(2,3)4/h5-21,33H,2,4,22H2,1,3H3;6-15,33-34H,5,16H2,1-4H3/b7-5-,24-13+,30-29-;30-26-. The van der Waals surface area contributed by atoms with Gasteiger partial charge in [-0.15, -0.1) is 15.3 Å². The number of hydrogen-bond donors (Lipinski definition) is 3. The Morgan fingerprint density at radius 3 is 2.09 bits per heavy atom. The van der Waals surface area contributed by atoms with Gasteiger partial charge in [0.25, 0.3) is 5.89 Å². The quantitative estimate of drug-likeness (QED) is 0.0303. The summed E-state index contributed by atoms with van der Waals surface area (Å²) in [7, 11) is 0. The molecule has 0 saturated heterocycles. The van der Waals surface area contributed by atoms with Crippen molar-refractivity contribution in [1.29, 1.82) is 0 Å². The molecular formula is C58H58N6O5. The Morgan fingerprint density at radius 2 is 1.45 bits per heavy atom. The number of benzene rings is 6. The highest BCUT2D eigenvalue weighted by Crippen LogP contribution is 2.38. The Hall–Kier alpha value is -8.57. The van der Waals surface area contributed by atoms with Crippen LogP contribution < -0.4 is 4.90 Å². The predicted molar refractivity (Wildman–Crippen MR) is 281 cm³/mol. The highest BCUT2D eigenvalue weighted by Gasteiger charge is 2.23. The van der Waals surface area contributed by atoms with Gasteiger partial charge in [-0.05, 0) is 86.5 Å². The van der Waals surface area contributed by atoms with Crippen LogP contribution in [0.3, 0.4) is 0 Å². The Kier molecular flexibility index (Phi) is 16.8. The van der Waals surface area contributed by atoms with Gasteiger partial charge in [0.05, 0.1) is 29.1 Å². The molecule has 0 saturated carbocycles. The molecule has 0 amide bonds. The number of aromatic nitrogens is 2. The van der Waals surface area contributed by atoms with Crippen LogP contribution in [0.15, 0.2) is 201 Å². The van der Waals surface area contributed by atoms with Crippen molar-refractivity contribution in [3.63, 3.8) is 0 Å². The average molecular weight is 919 g/mol. The lowest BCUT2D eigenvalue weighted by atomic mass is 9.87. The average Bonchev–Trinajstić information content (AvgIpc) is 3.84. The fraction of sp³-hybridized carbons (Fsp3) is 0.155. The van der Waals surface area contributed by atoms with Crippen LogP contribution in [0.25, 0.3) is 28.6 Å². The zero-order valence-corrected chi connectivity index (χ0v) is 40.0. The molecule has 7 rings (SSSR count). The number of aliphatic imine (C=N–C) groups is 1. The molecule has 0 fully saturated rings. The third-order valence-corrected chi connectivity index (χ3v) is 10.9. The lowest BCUT2D eigenvalue weighted by Crippen LogP contribution is -2.23. The molecule has 0 unspecified atom stereocenters. The topological polar surface area (TPSA) is 149 Å². The van der Waals surface area contributed by atoms with Crippen LogP contribution in [0.2, 0.25) is 0 Å². The van der Waals surface area contributed by atoms with Gasteiger partial charge in [0.15, 0.2) is 0 Å². The second kappa shape index (κ2) is 23.2. The number of rotatable bonds is 15. The third kappa shape index (κ3) is 12.9. The largest absolute Gasteiger partial charge is 0.508 e. The lowest BCUT2D eigenvalue weighted by Gasteiger charge is -2.30. The van der Waals surface area contributed by atoms with E-state index in [1.54, 1.807) is 12.1 Å². The van der Waals surface area contributed by atoms with E-state index in [2.05, 4.69) is 114 Å². The molecule has 0 aliphatic heterocycles. The van der Waals surface area contributed by atoms with Crippen molar-refractivity contribution in [2.24, 2.45) is 15.2 Å². The minimum atomic E-state index is -0.205. The SMILES string of the molecule is C=CC(=C\C=C/C)/C(N=C)=C(\c1ccccc1)N(Cc1ccccc1O)c1ccc(C)cc1.C=N/N=C(\OCc1cccc(C)c1)c1cc(O)c(-c2nnc(-c3ccc(C(C)(C)C)cc3)o2)cc1O. The zero-order chi connectivity index (χ0) is 49.5. The summed E-state index contributed by atoms with van der Waals surface area (Å²) in [5.74, 6) is 0.221. The Bertz CT molecular complexity index is 3010. The maximum atomic E-state index is 10.7. The summed E-state index contributed by atoms with van der Waals surface area (Å²) in [4.78, 5) is 6.64. The van der Waals surface area contributed by atoms with Gasteiger partial charge in [0, 0.05) is 34.7 Å². The number of anilines is 1. The van der Waals surface area contributed by atoms with Crippen LogP contribution >= 0.6 is 0 Å². The first-order chi connectivity index (χ1) is 33.2. The second-order valence-electron chi connectivity index (χ2n) is 17.1. The summed E-state index contributed by atoms with van der Waals surface area (Å²) in [6, 6.07) is 44.1. The van der Waals surface area contributed by atoms with Gasteiger partial charge in [0.1, 0.15) is 23.9 Å². The van der Waals surface area contributed by atoms with E-state index in [0.29, 0.717) is 18.1 Å². The summed E-state index contributed by atoms with van der Waals surface area (Å²) in [5.41, 5.74) is 10.7. The maximum Gasteiger partial charge on any atom is 0.252 e. The third-order valence-electron chi connectivity index (χ3n) is 10.9. The van der Waals surface area contributed by atoms with Crippen molar-refractivity contribution in [3.8, 4) is 40.2 Å². The van der Waals surface area contributed by atoms with Crippen molar-refractivity contribution in [3.05, 3.63) is 221 Å². The van der Waals surface area contributed by atoms with Gasteiger partial charge in [-0.1, -0.05) is 160 Å². The summed E-state index contributed by atoms with van der Waals surface area (Å²) < 4.78 is 11.6. The molecule has 6 aromatic carbocycles. The van der Waals surface area contributed by atoms with E-state index in [-0.39, 0.29) is 52.2 Å². The minimum Gasteiger partial charge on any atom is -0.508 e. The fourth-order valence-electron chi connectivity index (χ4n) is 7.26. The van der Waals surface area contributed by atoms with Crippen LogP contribution in [0.4, 0.5) is 5.69 Å². The summed E-state index contributed by atoms with van der Waals surface area (Å²) in [5, 5.41) is 47.6. The molecule has 7 aromatic rings. The highest BCUT2D eigenvalue weighted by atomic mass is 16.5. The summed E-state index contributed by atoms with van der Waals surface area (Å²) in [6.45, 7) is 24.4. The highest BCUT2D eigenvalue weighted by molar-refractivity contribution is 5.98. The Labute approximate surface area is 404 Å². The second-order valence-corrected chi connectivity index (χ2v) is 17.1. The van der Waals surface area contributed by atoms with Crippen LogP contribution in [-0.2, 0) is 23.3 Å². The molecule has 3 N–H and O–H groups in total. The normalized spacial score (nSPS) is 12.1. The number of para-hydroxylation sites is 1. The van der Waals surface area contributed by atoms with Crippen molar-refractivity contribution in [2.45, 2.75) is 60.1 Å². The van der Waals surface area contributed by atoms with E-state index in [1.165, 1.54) is 23.3 Å². The molecule has 350 valence electrons. The van der Waals surface area contributed by atoms with E-state index in [4.69, 9.17) is 9.15 Å². The van der Waals surface area contributed by atoms with Crippen LogP contribution in [0, 0.1) is 13.8 Å². The molecule has 0 aliphatic rings. The molecule has 0 bridgehead atoms. The number of nitrogens with zero attached hydrogens (tertiary/aromatic N) is 6. The number of aryl methyl sites for hydroxylation is 2. The van der Waals surface area contributed by atoms with E-state index in [1.807, 2.05) is 117 Å². The van der Waals surface area contributed by atoms with Gasteiger partial charge < -0.3 is 29.4 Å². The van der Waals surface area contributed by atoms with Gasteiger partial charge in [-0.2, -0.15) is 5.10 Å². The van der Waals surface area contributed by atoms with Crippen LogP contribution in [-0.4, -0.2) is 44.8 Å². The number of aromatic hydroxyl groups is 3. The number of hydrogen-bond acceptors (Lipinski definition) is 11. The first-order valence-corrected chi connectivity index (χ1v) is 22.3. The molecule has 0 spiro atoms. The van der Waals surface area contributed by atoms with Crippen molar-refractivity contribution < 1.29 is 24.5 Å². The first kappa shape index (κ1) is 49.9. The molecule has 0 radical (unpaired) electrons. The van der Waals surface area contributed by atoms with E-state index >= 15 is 0 Å². The van der Waals surface area contributed by atoms with E-state index in [9.17, 15) is 15.3 Å². The Morgan fingerprint density at radius 1 is 0.754 bits per heavy atom. The van der Waals surface area contributed by atoms with E-state index in [0.717, 1.165) is 44.8 Å². The number of phenolic OH excluding ortho intramolecular Hbond substituents is 3. The monoisotopic (exact) mass is 918 g/mol. The molecule has 69 heavy (non-hydrogen) atoms. The number of phenols is 3. The van der Waals surface area contributed by atoms with Crippen LogP contribution in [0.5, 0.6) is 17.2 Å². The number of ether oxygens (including phenoxy) is 1. The smallest absolute Gasteiger partial charge is 0.252 e. The van der Waals surface area contributed by atoms with Gasteiger partial charge in [-0.25, -0.2) is 0 Å². The molecule has 1 aromatic heterocycles. The Balaban J connectivity index is 0.000000228. The summed E-state index contributed by atoms with van der Waals surface area (Å²) in [6.07, 6.45) is 7.70. The molecular weight excluding hydrogens is 861 g/mol. The first-order valence-electron chi connectivity index (χ1n) is 22.3. The number of allylic oxidation sites excluding steroid dienone is 4. The maximum absolute atomic E-state index is 10.7. The van der Waals surface area contributed by atoms with E-state index < -0.39 is 0 Å². The molecule has 0 atom stereocenters. The minimum absolute atomic E-state index is 0.0102.